The van der Waals surface area contributed by atoms with Crippen LogP contribution in [0.15, 0.2) is 30.5 Å². The van der Waals surface area contributed by atoms with Crippen molar-refractivity contribution in [2.24, 2.45) is 11.7 Å². The van der Waals surface area contributed by atoms with Crippen LogP contribution in [0.1, 0.15) is 19.8 Å². The van der Waals surface area contributed by atoms with Gasteiger partial charge in [-0.05, 0) is 24.8 Å². The number of fused-ring (bicyclic) bond motifs is 1. The molecule has 2 aromatic rings. The van der Waals surface area contributed by atoms with Crippen LogP contribution >= 0.6 is 0 Å². The van der Waals surface area contributed by atoms with Crippen molar-refractivity contribution >= 4 is 16.9 Å². The molecular formula is C15H20N4. The molecule has 0 spiro atoms. The van der Waals surface area contributed by atoms with Gasteiger partial charge < -0.3 is 10.6 Å². The number of benzene rings is 1. The Balaban J connectivity index is 1.94. The van der Waals surface area contributed by atoms with Gasteiger partial charge in [0, 0.05) is 30.7 Å². The third kappa shape index (κ3) is 2.40. The smallest absolute Gasteiger partial charge is 0.226 e. The van der Waals surface area contributed by atoms with Crippen molar-refractivity contribution in [2.75, 3.05) is 18.0 Å². The predicted octanol–water partition coefficient (Wildman–Crippen LogP) is 2.19. The van der Waals surface area contributed by atoms with E-state index in [2.05, 4.69) is 21.8 Å². The van der Waals surface area contributed by atoms with E-state index in [0.29, 0.717) is 12.6 Å². The third-order valence-electron chi connectivity index (χ3n) is 3.98. The monoisotopic (exact) mass is 256 g/mol. The minimum atomic E-state index is 0.366. The van der Waals surface area contributed by atoms with Crippen molar-refractivity contribution in [3.05, 3.63) is 30.5 Å². The first-order chi connectivity index (χ1) is 9.28. The van der Waals surface area contributed by atoms with E-state index in [1.54, 1.807) is 0 Å². The molecule has 0 bridgehead atoms. The van der Waals surface area contributed by atoms with Gasteiger partial charge in [-0.25, -0.2) is 9.97 Å². The molecule has 4 nitrogen and oxygen atoms in total. The highest BCUT2D eigenvalue weighted by Crippen LogP contribution is 2.26. The summed E-state index contributed by atoms with van der Waals surface area (Å²) < 4.78 is 0. The van der Waals surface area contributed by atoms with E-state index < -0.39 is 0 Å². The zero-order valence-corrected chi connectivity index (χ0v) is 11.3. The second-order valence-electron chi connectivity index (χ2n) is 5.44. The molecule has 1 fully saturated rings. The topological polar surface area (TPSA) is 55.0 Å². The molecule has 1 aromatic heterocycles. The number of hydrogen-bond acceptors (Lipinski definition) is 4. The first-order valence-electron chi connectivity index (χ1n) is 6.96. The molecule has 2 heterocycles. The van der Waals surface area contributed by atoms with Crippen molar-refractivity contribution in [1.29, 1.82) is 0 Å². The second kappa shape index (κ2) is 5.13. The Hall–Kier alpha value is -1.68. The Labute approximate surface area is 113 Å². The Morgan fingerprint density at radius 2 is 2.21 bits per heavy atom. The molecule has 0 amide bonds. The number of anilines is 1. The minimum Gasteiger partial charge on any atom is -0.337 e. The first kappa shape index (κ1) is 12.4. The summed E-state index contributed by atoms with van der Waals surface area (Å²) in [7, 11) is 0. The van der Waals surface area contributed by atoms with Crippen molar-refractivity contribution in [3.63, 3.8) is 0 Å². The molecule has 4 heteroatoms. The second-order valence-corrected chi connectivity index (χ2v) is 5.44. The Bertz CT molecular complexity index is 569. The molecule has 3 rings (SSSR count). The van der Waals surface area contributed by atoms with Crippen LogP contribution in [-0.4, -0.2) is 29.1 Å². The van der Waals surface area contributed by atoms with Crippen molar-refractivity contribution in [1.82, 2.24) is 9.97 Å². The Morgan fingerprint density at radius 3 is 3.05 bits per heavy atom. The van der Waals surface area contributed by atoms with Crippen LogP contribution < -0.4 is 10.6 Å². The zero-order valence-electron chi connectivity index (χ0n) is 11.3. The molecule has 1 aromatic carbocycles. The standard InChI is InChI=1S/C15H20N4/c1-11-6-7-19(13(8-11)9-16)15-17-10-12-4-2-3-5-14(12)18-15/h2-5,10-11,13H,6-9,16H2,1H3. The highest BCUT2D eigenvalue weighted by atomic mass is 15.3. The number of rotatable bonds is 2. The first-order valence-corrected chi connectivity index (χ1v) is 6.96. The van der Waals surface area contributed by atoms with Crippen LogP contribution in [0, 0.1) is 5.92 Å². The summed E-state index contributed by atoms with van der Waals surface area (Å²) in [6.07, 6.45) is 4.22. The molecule has 2 atom stereocenters. The molecule has 1 aliphatic heterocycles. The van der Waals surface area contributed by atoms with E-state index in [1.807, 2.05) is 30.5 Å². The largest absolute Gasteiger partial charge is 0.337 e. The van der Waals surface area contributed by atoms with E-state index >= 15 is 0 Å². The van der Waals surface area contributed by atoms with Crippen LogP contribution in [0.25, 0.3) is 10.9 Å². The van der Waals surface area contributed by atoms with Crippen LogP contribution in [0.2, 0.25) is 0 Å². The minimum absolute atomic E-state index is 0.366. The predicted molar refractivity (Wildman–Crippen MR) is 78.1 cm³/mol. The molecule has 2 N–H and O–H groups in total. The number of para-hydroxylation sites is 1. The van der Waals surface area contributed by atoms with Crippen LogP contribution in [0.4, 0.5) is 5.95 Å². The summed E-state index contributed by atoms with van der Waals surface area (Å²) in [5, 5.41) is 1.08. The van der Waals surface area contributed by atoms with E-state index in [-0.39, 0.29) is 0 Å². The number of aromatic nitrogens is 2. The summed E-state index contributed by atoms with van der Waals surface area (Å²) in [5.41, 5.74) is 6.91. The lowest BCUT2D eigenvalue weighted by molar-refractivity contribution is 0.363. The van der Waals surface area contributed by atoms with Gasteiger partial charge in [0.15, 0.2) is 0 Å². The summed E-state index contributed by atoms with van der Waals surface area (Å²) in [6.45, 7) is 3.96. The van der Waals surface area contributed by atoms with Gasteiger partial charge in [-0.2, -0.15) is 0 Å². The highest BCUT2D eigenvalue weighted by molar-refractivity contribution is 5.78. The molecule has 0 saturated carbocycles. The fourth-order valence-electron chi connectivity index (χ4n) is 2.84. The third-order valence-corrected chi connectivity index (χ3v) is 3.98. The van der Waals surface area contributed by atoms with Gasteiger partial charge in [-0.15, -0.1) is 0 Å². The summed E-state index contributed by atoms with van der Waals surface area (Å²) in [5.74, 6) is 1.56. The molecule has 0 radical (unpaired) electrons. The fraction of sp³-hybridized carbons (Fsp3) is 0.467. The van der Waals surface area contributed by atoms with Crippen molar-refractivity contribution < 1.29 is 0 Å². The van der Waals surface area contributed by atoms with Gasteiger partial charge in [0.2, 0.25) is 5.95 Å². The van der Waals surface area contributed by atoms with Crippen molar-refractivity contribution in [2.45, 2.75) is 25.8 Å². The number of piperidine rings is 1. The van der Waals surface area contributed by atoms with Gasteiger partial charge in [-0.3, -0.25) is 0 Å². The van der Waals surface area contributed by atoms with E-state index in [4.69, 9.17) is 5.73 Å². The molecule has 100 valence electrons. The lowest BCUT2D eigenvalue weighted by Crippen LogP contribution is -2.47. The number of hydrogen-bond donors (Lipinski definition) is 1. The van der Waals surface area contributed by atoms with Crippen LogP contribution in [0.3, 0.4) is 0 Å². The normalized spacial score (nSPS) is 23.8. The van der Waals surface area contributed by atoms with Crippen molar-refractivity contribution in [3.8, 4) is 0 Å². The maximum atomic E-state index is 5.91. The molecule has 1 aliphatic rings. The molecule has 1 saturated heterocycles. The van der Waals surface area contributed by atoms with E-state index in [1.165, 1.54) is 6.42 Å². The Kier molecular flexibility index (Phi) is 3.34. The lowest BCUT2D eigenvalue weighted by Gasteiger charge is -2.38. The molecular weight excluding hydrogens is 236 g/mol. The summed E-state index contributed by atoms with van der Waals surface area (Å²) in [4.78, 5) is 11.5. The highest BCUT2D eigenvalue weighted by Gasteiger charge is 2.27. The average molecular weight is 256 g/mol. The summed E-state index contributed by atoms with van der Waals surface area (Å²) in [6, 6.07) is 8.46. The zero-order chi connectivity index (χ0) is 13.2. The fourth-order valence-corrected chi connectivity index (χ4v) is 2.84. The molecule has 2 unspecified atom stereocenters. The number of nitrogens with zero attached hydrogens (tertiary/aromatic N) is 3. The molecule has 0 aliphatic carbocycles. The maximum Gasteiger partial charge on any atom is 0.226 e. The van der Waals surface area contributed by atoms with Gasteiger partial charge in [-0.1, -0.05) is 25.1 Å². The van der Waals surface area contributed by atoms with E-state index in [9.17, 15) is 0 Å². The van der Waals surface area contributed by atoms with Gasteiger partial charge >= 0.3 is 0 Å². The Morgan fingerprint density at radius 1 is 1.37 bits per heavy atom. The summed E-state index contributed by atoms with van der Waals surface area (Å²) >= 11 is 0. The quantitative estimate of drug-likeness (QED) is 0.895. The molecule has 19 heavy (non-hydrogen) atoms. The lowest BCUT2D eigenvalue weighted by atomic mass is 9.93. The SMILES string of the molecule is CC1CCN(c2ncc3ccccc3n2)C(CN)C1. The van der Waals surface area contributed by atoms with E-state index in [0.717, 1.165) is 35.7 Å². The van der Waals surface area contributed by atoms with Gasteiger partial charge in [0.25, 0.3) is 0 Å². The van der Waals surface area contributed by atoms with Crippen LogP contribution in [-0.2, 0) is 0 Å². The number of nitrogens with two attached hydrogens (primary N) is 1. The average Bonchev–Trinajstić information content (AvgIpc) is 2.46. The van der Waals surface area contributed by atoms with Gasteiger partial charge in [0.05, 0.1) is 5.52 Å². The van der Waals surface area contributed by atoms with Gasteiger partial charge in [0.1, 0.15) is 0 Å². The van der Waals surface area contributed by atoms with Crippen LogP contribution in [0.5, 0.6) is 0 Å². The maximum absolute atomic E-state index is 5.91.